The molecule has 1 spiro atoms. The van der Waals surface area contributed by atoms with Crippen LogP contribution in [0.15, 0.2) is 4.99 Å². The van der Waals surface area contributed by atoms with Crippen LogP contribution in [0.3, 0.4) is 0 Å². The topological polar surface area (TPSA) is 74.8 Å². The van der Waals surface area contributed by atoms with Gasteiger partial charge in [0.15, 0.2) is 5.96 Å². The highest BCUT2D eigenvalue weighted by Crippen LogP contribution is 2.60. The van der Waals surface area contributed by atoms with Crippen molar-refractivity contribution >= 4 is 35.8 Å². The van der Waals surface area contributed by atoms with Crippen LogP contribution in [-0.4, -0.2) is 49.8 Å². The Hall–Kier alpha value is -0.570. The van der Waals surface area contributed by atoms with Gasteiger partial charge in [0.25, 0.3) is 0 Å². The molecule has 5 unspecified atom stereocenters. The number of hydrogen-bond donors (Lipinski definition) is 3. The van der Waals surface area contributed by atoms with Gasteiger partial charge in [-0.25, -0.2) is 0 Å². The van der Waals surface area contributed by atoms with Crippen LogP contribution in [0.5, 0.6) is 0 Å². The van der Waals surface area contributed by atoms with Crippen molar-refractivity contribution in [3.05, 3.63) is 0 Å². The number of rotatable bonds is 4. The van der Waals surface area contributed by atoms with Crippen LogP contribution in [0.25, 0.3) is 0 Å². The Morgan fingerprint density at radius 2 is 1.86 bits per heavy atom. The van der Waals surface area contributed by atoms with Crippen molar-refractivity contribution in [2.24, 2.45) is 22.2 Å². The normalized spacial score (nSPS) is 35.6. The highest BCUT2D eigenvalue weighted by molar-refractivity contribution is 14.0. The molecule has 29 heavy (non-hydrogen) atoms. The van der Waals surface area contributed by atoms with Gasteiger partial charge in [0.05, 0.1) is 6.10 Å². The second kappa shape index (κ2) is 9.71. The number of halogens is 1. The molecular formula is C22H39IN4O2. The van der Waals surface area contributed by atoms with E-state index in [0.717, 1.165) is 38.2 Å². The van der Waals surface area contributed by atoms with Gasteiger partial charge in [-0.2, -0.15) is 0 Å². The molecule has 0 aromatic heterocycles. The molecule has 0 radical (unpaired) electrons. The van der Waals surface area contributed by atoms with Gasteiger partial charge >= 0.3 is 0 Å². The van der Waals surface area contributed by atoms with E-state index in [1.807, 2.05) is 20.9 Å². The minimum absolute atomic E-state index is 0. The van der Waals surface area contributed by atoms with Gasteiger partial charge in [0.1, 0.15) is 0 Å². The molecule has 4 fully saturated rings. The molecule has 5 atom stereocenters. The van der Waals surface area contributed by atoms with E-state index in [2.05, 4.69) is 20.9 Å². The van der Waals surface area contributed by atoms with E-state index < -0.39 is 0 Å². The average Bonchev–Trinajstić information content (AvgIpc) is 3.33. The summed E-state index contributed by atoms with van der Waals surface area (Å²) in [5.74, 6) is 1.87. The standard InChI is InChI=1S/C22H38N4O2.HI/c1-14(2)24-20(27)15-7-6-8-16(13-15)25-21(23-3)26-18-17-9-12-28-19(17)22(18)10-4-5-11-22;/h14-19H,4-13H2,1-3H3,(H,24,27)(H2,23,25,26);1H. The maximum Gasteiger partial charge on any atom is 0.223 e. The molecule has 3 saturated carbocycles. The first-order chi connectivity index (χ1) is 13.5. The van der Waals surface area contributed by atoms with Gasteiger partial charge in [-0.15, -0.1) is 24.0 Å². The van der Waals surface area contributed by atoms with Gasteiger partial charge < -0.3 is 20.7 Å². The molecule has 1 aliphatic heterocycles. The van der Waals surface area contributed by atoms with Gasteiger partial charge in [0.2, 0.25) is 5.91 Å². The summed E-state index contributed by atoms with van der Waals surface area (Å²) < 4.78 is 6.11. The number of hydrogen-bond acceptors (Lipinski definition) is 3. The van der Waals surface area contributed by atoms with Gasteiger partial charge in [-0.05, 0) is 52.4 Å². The molecule has 0 aromatic carbocycles. The van der Waals surface area contributed by atoms with Crippen molar-refractivity contribution < 1.29 is 9.53 Å². The number of carbonyl (C=O) groups is 1. The number of nitrogens with zero attached hydrogens (tertiary/aromatic N) is 1. The zero-order valence-corrected chi connectivity index (χ0v) is 20.5. The van der Waals surface area contributed by atoms with E-state index in [0.29, 0.717) is 29.5 Å². The van der Waals surface area contributed by atoms with E-state index in [1.165, 1.54) is 32.1 Å². The van der Waals surface area contributed by atoms with Gasteiger partial charge in [-0.3, -0.25) is 9.79 Å². The summed E-state index contributed by atoms with van der Waals surface area (Å²) in [6.45, 7) is 4.97. The summed E-state index contributed by atoms with van der Waals surface area (Å²) in [7, 11) is 1.86. The van der Waals surface area contributed by atoms with Crippen LogP contribution in [0.1, 0.15) is 71.6 Å². The van der Waals surface area contributed by atoms with Crippen LogP contribution >= 0.6 is 24.0 Å². The zero-order chi connectivity index (χ0) is 19.7. The number of ether oxygens (including phenoxy) is 1. The van der Waals surface area contributed by atoms with Crippen molar-refractivity contribution in [3.63, 3.8) is 0 Å². The van der Waals surface area contributed by atoms with Crippen molar-refractivity contribution in [2.45, 2.75) is 95.9 Å². The fourth-order valence-electron chi connectivity index (χ4n) is 6.38. The third-order valence-electron chi connectivity index (χ3n) is 7.62. The summed E-state index contributed by atoms with van der Waals surface area (Å²) in [6, 6.07) is 1.01. The third-order valence-corrected chi connectivity index (χ3v) is 7.62. The average molecular weight is 518 g/mol. The Balaban J connectivity index is 0.00000240. The summed E-state index contributed by atoms with van der Waals surface area (Å²) in [4.78, 5) is 17.0. The van der Waals surface area contributed by atoms with E-state index in [-0.39, 0.29) is 41.8 Å². The Morgan fingerprint density at radius 1 is 1.10 bits per heavy atom. The second-order valence-electron chi connectivity index (χ2n) is 9.75. The van der Waals surface area contributed by atoms with Crippen molar-refractivity contribution in [1.29, 1.82) is 0 Å². The molecule has 0 bridgehead atoms. The fourth-order valence-corrected chi connectivity index (χ4v) is 6.38. The molecule has 3 N–H and O–H groups in total. The summed E-state index contributed by atoms with van der Waals surface area (Å²) in [6.07, 6.45) is 10.9. The lowest BCUT2D eigenvalue weighted by molar-refractivity contribution is -0.126. The number of nitrogens with one attached hydrogen (secondary N) is 3. The maximum absolute atomic E-state index is 12.4. The molecule has 6 nitrogen and oxygen atoms in total. The largest absolute Gasteiger partial charge is 0.377 e. The maximum atomic E-state index is 12.4. The number of fused-ring (bicyclic) bond motifs is 2. The van der Waals surface area contributed by atoms with Crippen LogP contribution in [0.4, 0.5) is 0 Å². The predicted molar refractivity (Wildman–Crippen MR) is 127 cm³/mol. The molecule has 4 rings (SSSR count). The lowest BCUT2D eigenvalue weighted by atomic mass is 9.54. The lowest BCUT2D eigenvalue weighted by Crippen LogP contribution is -2.69. The molecule has 3 aliphatic carbocycles. The van der Waals surface area contributed by atoms with E-state index in [4.69, 9.17) is 4.74 Å². The van der Waals surface area contributed by atoms with Gasteiger partial charge in [-0.1, -0.05) is 19.3 Å². The van der Waals surface area contributed by atoms with Crippen LogP contribution < -0.4 is 16.0 Å². The van der Waals surface area contributed by atoms with Crippen LogP contribution in [-0.2, 0) is 9.53 Å². The number of amides is 1. The molecule has 0 aromatic rings. The first-order valence-electron chi connectivity index (χ1n) is 11.5. The molecule has 1 heterocycles. The SMILES string of the molecule is CN=C(NC1CCCC(C(=O)NC(C)C)C1)NC1C2CCOC2C12CCCC2.I. The predicted octanol–water partition coefficient (Wildman–Crippen LogP) is 3.20. The summed E-state index contributed by atoms with van der Waals surface area (Å²) in [5, 5.41) is 10.5. The Bertz CT molecular complexity index is 606. The van der Waals surface area contributed by atoms with Crippen LogP contribution in [0, 0.1) is 17.3 Å². The highest BCUT2D eigenvalue weighted by Gasteiger charge is 2.65. The number of guanidine groups is 1. The zero-order valence-electron chi connectivity index (χ0n) is 18.2. The highest BCUT2D eigenvalue weighted by atomic mass is 127. The second-order valence-corrected chi connectivity index (χ2v) is 9.75. The van der Waals surface area contributed by atoms with Crippen molar-refractivity contribution in [3.8, 4) is 0 Å². The Morgan fingerprint density at radius 3 is 2.55 bits per heavy atom. The Labute approximate surface area is 192 Å². The number of aliphatic imine (C=N–C) groups is 1. The molecule has 7 heteroatoms. The lowest BCUT2D eigenvalue weighted by Gasteiger charge is -2.57. The third kappa shape index (κ3) is 4.55. The summed E-state index contributed by atoms with van der Waals surface area (Å²) in [5.41, 5.74) is 0.324. The number of carbonyl (C=O) groups excluding carboxylic acids is 1. The molecule has 4 aliphatic rings. The van der Waals surface area contributed by atoms with E-state index >= 15 is 0 Å². The van der Waals surface area contributed by atoms with Crippen molar-refractivity contribution in [2.75, 3.05) is 13.7 Å². The van der Waals surface area contributed by atoms with Crippen LogP contribution in [0.2, 0.25) is 0 Å². The summed E-state index contributed by atoms with van der Waals surface area (Å²) >= 11 is 0. The van der Waals surface area contributed by atoms with Gasteiger partial charge in [0, 0.05) is 49.0 Å². The minimum atomic E-state index is 0. The first-order valence-corrected chi connectivity index (χ1v) is 11.5. The van der Waals surface area contributed by atoms with E-state index in [1.54, 1.807) is 0 Å². The monoisotopic (exact) mass is 518 g/mol. The smallest absolute Gasteiger partial charge is 0.223 e. The molecule has 166 valence electrons. The minimum Gasteiger partial charge on any atom is -0.377 e. The quantitative estimate of drug-likeness (QED) is 0.304. The Kier molecular flexibility index (Phi) is 7.73. The molecular weight excluding hydrogens is 479 g/mol. The van der Waals surface area contributed by atoms with E-state index in [9.17, 15) is 4.79 Å². The molecule has 1 amide bonds. The fraction of sp³-hybridized carbons (Fsp3) is 0.909. The van der Waals surface area contributed by atoms with Crippen molar-refractivity contribution in [1.82, 2.24) is 16.0 Å². The molecule has 1 saturated heterocycles. The first kappa shape index (κ1) is 23.1.